The van der Waals surface area contributed by atoms with E-state index in [1.54, 1.807) is 60.7 Å². The SMILES string of the molecule is O=C1/C(=C/C2C(=O)N(c3ccccc3)N=C2c2ccc([N+](=O)[O-])cc2)C(c2ccc([N+](=O)[O-])cc2)=NN1c1ccccc1. The minimum absolute atomic E-state index is 0.0978. The number of carbonyl (C=O) groups excluding carboxylic acids is 2. The molecule has 6 rings (SSSR count). The van der Waals surface area contributed by atoms with Crippen molar-refractivity contribution in [1.29, 1.82) is 0 Å². The Balaban J connectivity index is 1.48. The molecule has 1 atom stereocenters. The molecule has 43 heavy (non-hydrogen) atoms. The molecule has 0 spiro atoms. The zero-order valence-corrected chi connectivity index (χ0v) is 22.2. The molecule has 4 aromatic carbocycles. The number of hydrogen-bond donors (Lipinski definition) is 0. The lowest BCUT2D eigenvalue weighted by atomic mass is 9.91. The highest BCUT2D eigenvalue weighted by molar-refractivity contribution is 6.36. The Kier molecular flexibility index (Phi) is 6.84. The number of hydrazone groups is 2. The standard InChI is InChI=1S/C31H20N6O6/c38-30-26(28(20-11-15-24(16-12-20)36(40)41)32-34(30)22-7-3-1-4-8-22)19-27-29(21-13-17-25(18-14-21)37(42)43)33-35(31(27)39)23-9-5-2-6-10-23/h1-19,26H/b27-19+. The Hall–Kier alpha value is -6.30. The molecule has 0 aliphatic carbocycles. The minimum Gasteiger partial charge on any atom is -0.271 e. The number of benzene rings is 4. The lowest BCUT2D eigenvalue weighted by Crippen LogP contribution is -2.28. The summed E-state index contributed by atoms with van der Waals surface area (Å²) in [5, 5.41) is 34.1. The van der Waals surface area contributed by atoms with Gasteiger partial charge in [0.05, 0.1) is 32.5 Å². The fourth-order valence-corrected chi connectivity index (χ4v) is 4.79. The van der Waals surface area contributed by atoms with Gasteiger partial charge < -0.3 is 0 Å². The molecule has 4 aromatic rings. The highest BCUT2D eigenvalue weighted by atomic mass is 16.6. The summed E-state index contributed by atoms with van der Waals surface area (Å²) < 4.78 is 0. The summed E-state index contributed by atoms with van der Waals surface area (Å²) in [5.74, 6) is -2.01. The first-order chi connectivity index (χ1) is 20.8. The molecule has 2 amide bonds. The molecule has 1 unspecified atom stereocenters. The number of nitro groups is 2. The maximum absolute atomic E-state index is 13.9. The van der Waals surface area contributed by atoms with E-state index in [4.69, 9.17) is 0 Å². The Morgan fingerprint density at radius 1 is 0.628 bits per heavy atom. The van der Waals surface area contributed by atoms with Crippen LogP contribution in [0.3, 0.4) is 0 Å². The third kappa shape index (κ3) is 5.04. The van der Waals surface area contributed by atoms with E-state index in [1.807, 2.05) is 0 Å². The predicted octanol–water partition coefficient (Wildman–Crippen LogP) is 5.25. The number of amides is 2. The van der Waals surface area contributed by atoms with Crippen molar-refractivity contribution in [2.24, 2.45) is 16.1 Å². The molecule has 0 fully saturated rings. The van der Waals surface area contributed by atoms with Gasteiger partial charge in [-0.25, -0.2) is 0 Å². The van der Waals surface area contributed by atoms with Crippen molar-refractivity contribution < 1.29 is 19.4 Å². The summed E-state index contributed by atoms with van der Waals surface area (Å²) in [6, 6.07) is 28.7. The number of non-ortho nitro benzene ring substituents is 2. The van der Waals surface area contributed by atoms with Gasteiger partial charge in [0.25, 0.3) is 23.2 Å². The highest BCUT2D eigenvalue weighted by Crippen LogP contribution is 2.33. The van der Waals surface area contributed by atoms with Crippen LogP contribution in [0.4, 0.5) is 22.7 Å². The molecule has 12 heteroatoms. The van der Waals surface area contributed by atoms with Gasteiger partial charge in [0.15, 0.2) is 0 Å². The average Bonchev–Trinajstić information content (AvgIpc) is 3.54. The van der Waals surface area contributed by atoms with Gasteiger partial charge in [0, 0.05) is 29.8 Å². The highest BCUT2D eigenvalue weighted by Gasteiger charge is 2.40. The lowest BCUT2D eigenvalue weighted by Gasteiger charge is -2.14. The van der Waals surface area contributed by atoms with Crippen LogP contribution in [-0.4, -0.2) is 33.1 Å². The number of nitrogens with zero attached hydrogens (tertiary/aromatic N) is 6. The topological polar surface area (TPSA) is 152 Å². The molecule has 2 aliphatic heterocycles. The average molecular weight is 573 g/mol. The van der Waals surface area contributed by atoms with Crippen LogP contribution in [0.1, 0.15) is 11.1 Å². The van der Waals surface area contributed by atoms with Gasteiger partial charge in [0.1, 0.15) is 11.6 Å². The van der Waals surface area contributed by atoms with Crippen molar-refractivity contribution in [1.82, 2.24) is 0 Å². The van der Waals surface area contributed by atoms with Crippen LogP contribution < -0.4 is 10.0 Å². The lowest BCUT2D eigenvalue weighted by molar-refractivity contribution is -0.385. The first-order valence-electron chi connectivity index (χ1n) is 13.0. The molecule has 0 aromatic heterocycles. The molecule has 2 aliphatic rings. The van der Waals surface area contributed by atoms with Crippen LogP contribution >= 0.6 is 0 Å². The summed E-state index contributed by atoms with van der Waals surface area (Å²) in [4.78, 5) is 49.2. The van der Waals surface area contributed by atoms with Gasteiger partial charge in [-0.15, -0.1) is 0 Å². The zero-order chi connectivity index (χ0) is 30.1. The van der Waals surface area contributed by atoms with Crippen LogP contribution in [0.15, 0.2) is 131 Å². The summed E-state index contributed by atoms with van der Waals surface area (Å²) in [7, 11) is 0. The first kappa shape index (κ1) is 26.9. The van der Waals surface area contributed by atoms with Crippen LogP contribution in [0, 0.1) is 26.1 Å². The van der Waals surface area contributed by atoms with E-state index in [2.05, 4.69) is 10.2 Å². The smallest absolute Gasteiger partial charge is 0.271 e. The molecule has 0 radical (unpaired) electrons. The summed E-state index contributed by atoms with van der Waals surface area (Å²) in [6.07, 6.45) is 1.48. The van der Waals surface area contributed by atoms with E-state index in [9.17, 15) is 29.8 Å². The van der Waals surface area contributed by atoms with Gasteiger partial charge in [-0.2, -0.15) is 20.2 Å². The predicted molar refractivity (Wildman–Crippen MR) is 159 cm³/mol. The first-order valence-corrected chi connectivity index (χ1v) is 13.0. The number of rotatable bonds is 7. The second-order valence-corrected chi connectivity index (χ2v) is 9.54. The Morgan fingerprint density at radius 2 is 1.12 bits per heavy atom. The number of anilines is 2. The molecule has 0 N–H and O–H groups in total. The van der Waals surface area contributed by atoms with Gasteiger partial charge in [-0.1, -0.05) is 42.5 Å². The Morgan fingerprint density at radius 3 is 1.63 bits per heavy atom. The second kappa shape index (κ2) is 10.9. The van der Waals surface area contributed by atoms with Crippen molar-refractivity contribution in [3.05, 3.63) is 152 Å². The quantitative estimate of drug-likeness (QED) is 0.168. The largest absolute Gasteiger partial charge is 0.280 e. The van der Waals surface area contributed by atoms with Crippen molar-refractivity contribution in [2.45, 2.75) is 0 Å². The second-order valence-electron chi connectivity index (χ2n) is 9.54. The summed E-state index contributed by atoms with van der Waals surface area (Å²) in [5.41, 5.74) is 2.23. The number of para-hydroxylation sites is 2. The van der Waals surface area contributed by atoms with E-state index in [-0.39, 0.29) is 28.4 Å². The summed E-state index contributed by atoms with van der Waals surface area (Å²) in [6.45, 7) is 0. The van der Waals surface area contributed by atoms with Crippen molar-refractivity contribution in [3.8, 4) is 0 Å². The van der Waals surface area contributed by atoms with E-state index in [1.165, 1.54) is 64.6 Å². The molecule has 12 nitrogen and oxygen atoms in total. The van der Waals surface area contributed by atoms with Gasteiger partial charge in [-0.05, 0) is 54.1 Å². The number of carbonyl (C=O) groups is 2. The van der Waals surface area contributed by atoms with Crippen LogP contribution in [0.2, 0.25) is 0 Å². The zero-order valence-electron chi connectivity index (χ0n) is 22.2. The molecular weight excluding hydrogens is 552 g/mol. The maximum Gasteiger partial charge on any atom is 0.280 e. The van der Waals surface area contributed by atoms with Gasteiger partial charge >= 0.3 is 0 Å². The third-order valence-corrected chi connectivity index (χ3v) is 6.92. The Labute approximate surface area is 243 Å². The van der Waals surface area contributed by atoms with E-state index in [0.29, 0.717) is 22.5 Å². The molecule has 210 valence electrons. The molecular formula is C31H20N6O6. The van der Waals surface area contributed by atoms with E-state index >= 15 is 0 Å². The van der Waals surface area contributed by atoms with Crippen molar-refractivity contribution >= 4 is 46.0 Å². The van der Waals surface area contributed by atoms with Crippen LogP contribution in [0.5, 0.6) is 0 Å². The van der Waals surface area contributed by atoms with E-state index in [0.717, 1.165) is 0 Å². The summed E-state index contributed by atoms with van der Waals surface area (Å²) >= 11 is 0. The fourth-order valence-electron chi connectivity index (χ4n) is 4.79. The maximum atomic E-state index is 13.9. The number of nitro benzene ring substituents is 2. The van der Waals surface area contributed by atoms with Crippen molar-refractivity contribution in [2.75, 3.05) is 10.0 Å². The van der Waals surface area contributed by atoms with Crippen molar-refractivity contribution in [3.63, 3.8) is 0 Å². The minimum atomic E-state index is -1.06. The Bertz CT molecular complexity index is 1850. The molecule has 2 heterocycles. The van der Waals surface area contributed by atoms with Crippen LogP contribution in [0.25, 0.3) is 0 Å². The molecule has 0 bridgehead atoms. The normalized spacial score (nSPS) is 17.3. The molecule has 0 saturated carbocycles. The molecule has 0 saturated heterocycles. The third-order valence-electron chi connectivity index (χ3n) is 6.92. The van der Waals surface area contributed by atoms with Crippen LogP contribution in [-0.2, 0) is 9.59 Å². The number of hydrogen-bond acceptors (Lipinski definition) is 8. The van der Waals surface area contributed by atoms with E-state index < -0.39 is 27.6 Å². The van der Waals surface area contributed by atoms with Gasteiger partial charge in [0.2, 0.25) is 0 Å². The monoisotopic (exact) mass is 572 g/mol. The fraction of sp³-hybridized carbons (Fsp3) is 0.0323. The van der Waals surface area contributed by atoms with Gasteiger partial charge in [-0.3, -0.25) is 29.8 Å².